The molecule has 1 aromatic carbocycles. The second-order valence-electron chi connectivity index (χ2n) is 7.19. The molecule has 2 aromatic rings. The van der Waals surface area contributed by atoms with Gasteiger partial charge in [0, 0.05) is 43.5 Å². The standard InChI is InChI=1S/C21H28N4O/c1-16-5-7-19(8-6-16)15-25-18(3)20(17(2)22-25)9-10-21(26)24-13-11-23(4)12-14-24/h5-10H,11-15H2,1-4H3/b10-9+. The SMILES string of the molecule is Cc1ccc(Cn2nc(C)c(/C=C/C(=O)N3CCN(C)CC3)c2C)cc1. The summed E-state index contributed by atoms with van der Waals surface area (Å²) in [5.41, 5.74) is 5.57. The third kappa shape index (κ3) is 4.22. The van der Waals surface area contributed by atoms with Crippen LogP contribution in [0.4, 0.5) is 0 Å². The Morgan fingerprint density at radius 3 is 2.38 bits per heavy atom. The number of likely N-dealkylation sites (N-methyl/N-ethyl adjacent to an activating group) is 1. The van der Waals surface area contributed by atoms with Crippen molar-refractivity contribution < 1.29 is 4.79 Å². The molecular formula is C21H28N4O. The van der Waals surface area contributed by atoms with Gasteiger partial charge < -0.3 is 9.80 Å². The predicted octanol–water partition coefficient (Wildman–Crippen LogP) is 2.64. The fraction of sp³-hybridized carbons (Fsp3) is 0.429. The van der Waals surface area contributed by atoms with Gasteiger partial charge in [-0.1, -0.05) is 29.8 Å². The summed E-state index contributed by atoms with van der Waals surface area (Å²) in [5, 5.41) is 4.66. The average Bonchev–Trinajstić information content (AvgIpc) is 2.89. The minimum atomic E-state index is 0.0863. The van der Waals surface area contributed by atoms with E-state index in [-0.39, 0.29) is 5.91 Å². The number of aryl methyl sites for hydroxylation is 2. The van der Waals surface area contributed by atoms with Crippen molar-refractivity contribution in [2.45, 2.75) is 27.3 Å². The maximum atomic E-state index is 12.4. The zero-order valence-corrected chi connectivity index (χ0v) is 16.2. The Bertz CT molecular complexity index is 796. The Hall–Kier alpha value is -2.40. The molecule has 1 saturated heterocycles. The Kier molecular flexibility index (Phi) is 5.57. The molecule has 0 unspecified atom stereocenters. The highest BCUT2D eigenvalue weighted by molar-refractivity contribution is 5.92. The molecule has 1 amide bonds. The summed E-state index contributed by atoms with van der Waals surface area (Å²) in [7, 11) is 2.09. The first-order chi connectivity index (χ1) is 12.4. The Morgan fingerprint density at radius 2 is 1.73 bits per heavy atom. The number of carbonyl (C=O) groups is 1. The third-order valence-electron chi connectivity index (χ3n) is 5.10. The van der Waals surface area contributed by atoms with Gasteiger partial charge in [0.2, 0.25) is 5.91 Å². The van der Waals surface area contributed by atoms with E-state index < -0.39 is 0 Å². The van der Waals surface area contributed by atoms with Crippen molar-refractivity contribution in [3.8, 4) is 0 Å². The number of aromatic nitrogens is 2. The second-order valence-corrected chi connectivity index (χ2v) is 7.19. The van der Waals surface area contributed by atoms with Crippen molar-refractivity contribution in [2.75, 3.05) is 33.2 Å². The van der Waals surface area contributed by atoms with Crippen molar-refractivity contribution in [1.82, 2.24) is 19.6 Å². The van der Waals surface area contributed by atoms with Gasteiger partial charge in [0.25, 0.3) is 0 Å². The van der Waals surface area contributed by atoms with Crippen molar-refractivity contribution in [3.05, 3.63) is 58.4 Å². The quantitative estimate of drug-likeness (QED) is 0.795. The zero-order valence-electron chi connectivity index (χ0n) is 16.2. The molecule has 0 N–H and O–H groups in total. The van der Waals surface area contributed by atoms with E-state index in [1.807, 2.05) is 22.6 Å². The van der Waals surface area contributed by atoms with Crippen molar-refractivity contribution in [1.29, 1.82) is 0 Å². The molecular weight excluding hydrogens is 324 g/mol. The lowest BCUT2D eigenvalue weighted by molar-refractivity contribution is -0.127. The molecule has 0 atom stereocenters. The smallest absolute Gasteiger partial charge is 0.246 e. The molecule has 1 aliphatic heterocycles. The zero-order chi connectivity index (χ0) is 18.7. The molecule has 0 spiro atoms. The van der Waals surface area contributed by atoms with Gasteiger partial charge in [-0.3, -0.25) is 9.48 Å². The highest BCUT2D eigenvalue weighted by Crippen LogP contribution is 2.17. The minimum Gasteiger partial charge on any atom is -0.337 e. The van der Waals surface area contributed by atoms with Gasteiger partial charge in [-0.2, -0.15) is 5.10 Å². The molecule has 138 valence electrons. The lowest BCUT2D eigenvalue weighted by Gasteiger charge is -2.31. The van der Waals surface area contributed by atoms with Crippen LogP contribution < -0.4 is 0 Å². The van der Waals surface area contributed by atoms with Crippen molar-refractivity contribution in [2.24, 2.45) is 0 Å². The predicted molar refractivity (Wildman–Crippen MR) is 105 cm³/mol. The van der Waals surface area contributed by atoms with E-state index in [1.54, 1.807) is 6.08 Å². The minimum absolute atomic E-state index is 0.0863. The Balaban J connectivity index is 1.71. The lowest BCUT2D eigenvalue weighted by atomic mass is 10.1. The molecule has 2 heterocycles. The number of nitrogens with zero attached hydrogens (tertiary/aromatic N) is 4. The van der Waals surface area contributed by atoms with Crippen LogP contribution in [-0.2, 0) is 11.3 Å². The van der Waals surface area contributed by atoms with Crippen LogP contribution in [0.1, 0.15) is 28.1 Å². The number of hydrogen-bond acceptors (Lipinski definition) is 3. The van der Waals surface area contributed by atoms with Gasteiger partial charge >= 0.3 is 0 Å². The number of rotatable bonds is 4. The topological polar surface area (TPSA) is 41.4 Å². The summed E-state index contributed by atoms with van der Waals surface area (Å²) in [6, 6.07) is 8.52. The average molecular weight is 352 g/mol. The summed E-state index contributed by atoms with van der Waals surface area (Å²) in [4.78, 5) is 16.6. The van der Waals surface area contributed by atoms with E-state index in [0.717, 1.165) is 49.7 Å². The summed E-state index contributed by atoms with van der Waals surface area (Å²) >= 11 is 0. The number of benzene rings is 1. The van der Waals surface area contributed by atoms with Crippen molar-refractivity contribution in [3.63, 3.8) is 0 Å². The molecule has 0 saturated carbocycles. The summed E-state index contributed by atoms with van der Waals surface area (Å²) < 4.78 is 2.01. The first kappa shape index (κ1) is 18.4. The molecule has 1 aromatic heterocycles. The van der Waals surface area contributed by atoms with Gasteiger partial charge in [-0.15, -0.1) is 0 Å². The second kappa shape index (κ2) is 7.87. The molecule has 5 heteroatoms. The van der Waals surface area contributed by atoms with E-state index in [1.165, 1.54) is 11.1 Å². The van der Waals surface area contributed by atoms with E-state index in [0.29, 0.717) is 0 Å². The van der Waals surface area contributed by atoms with Gasteiger partial charge in [0.15, 0.2) is 0 Å². The Morgan fingerprint density at radius 1 is 1.08 bits per heavy atom. The molecule has 3 rings (SSSR count). The fourth-order valence-corrected chi connectivity index (χ4v) is 3.26. The van der Waals surface area contributed by atoms with Crippen LogP contribution in [0.3, 0.4) is 0 Å². The van der Waals surface area contributed by atoms with E-state index in [9.17, 15) is 4.79 Å². The molecule has 0 aliphatic carbocycles. The molecule has 0 radical (unpaired) electrons. The molecule has 0 bridgehead atoms. The number of amides is 1. The van der Waals surface area contributed by atoms with E-state index >= 15 is 0 Å². The number of piperazine rings is 1. The first-order valence-electron chi connectivity index (χ1n) is 9.19. The highest BCUT2D eigenvalue weighted by Gasteiger charge is 2.17. The van der Waals surface area contributed by atoms with Crippen molar-refractivity contribution >= 4 is 12.0 Å². The van der Waals surface area contributed by atoms with Crippen LogP contribution in [0.25, 0.3) is 6.08 Å². The van der Waals surface area contributed by atoms with Gasteiger partial charge in [0.1, 0.15) is 0 Å². The first-order valence-corrected chi connectivity index (χ1v) is 9.19. The highest BCUT2D eigenvalue weighted by atomic mass is 16.2. The monoisotopic (exact) mass is 352 g/mol. The van der Waals surface area contributed by atoms with Gasteiger partial charge in [-0.25, -0.2) is 0 Å². The molecule has 26 heavy (non-hydrogen) atoms. The van der Waals surface area contributed by atoms with Crippen LogP contribution in [-0.4, -0.2) is 58.7 Å². The van der Waals surface area contributed by atoms with Gasteiger partial charge in [-0.05, 0) is 39.5 Å². The lowest BCUT2D eigenvalue weighted by Crippen LogP contribution is -2.46. The van der Waals surface area contributed by atoms with E-state index in [2.05, 4.69) is 55.2 Å². The largest absolute Gasteiger partial charge is 0.337 e. The summed E-state index contributed by atoms with van der Waals surface area (Å²) in [6.07, 6.45) is 3.61. The normalized spacial score (nSPS) is 15.8. The molecule has 1 fully saturated rings. The van der Waals surface area contributed by atoms with Gasteiger partial charge in [0.05, 0.1) is 12.2 Å². The maximum Gasteiger partial charge on any atom is 0.246 e. The third-order valence-corrected chi connectivity index (χ3v) is 5.10. The van der Waals surface area contributed by atoms with Crippen LogP contribution in [0.2, 0.25) is 0 Å². The number of hydrogen-bond donors (Lipinski definition) is 0. The number of carbonyl (C=O) groups excluding carboxylic acids is 1. The van der Waals surface area contributed by atoms with Crippen LogP contribution in [0, 0.1) is 20.8 Å². The Labute approximate surface area is 155 Å². The fourth-order valence-electron chi connectivity index (χ4n) is 3.26. The van der Waals surface area contributed by atoms with Crippen LogP contribution in [0.5, 0.6) is 0 Å². The summed E-state index contributed by atoms with van der Waals surface area (Å²) in [5.74, 6) is 0.0863. The summed E-state index contributed by atoms with van der Waals surface area (Å²) in [6.45, 7) is 10.4. The maximum absolute atomic E-state index is 12.4. The molecule has 1 aliphatic rings. The van der Waals surface area contributed by atoms with Crippen LogP contribution >= 0.6 is 0 Å². The van der Waals surface area contributed by atoms with Crippen LogP contribution in [0.15, 0.2) is 30.3 Å². The van der Waals surface area contributed by atoms with E-state index in [4.69, 9.17) is 0 Å². The molecule has 5 nitrogen and oxygen atoms in total.